The number of imidazole rings is 1. The summed E-state index contributed by atoms with van der Waals surface area (Å²) in [7, 11) is 3.41. The number of hydrogen-bond acceptors (Lipinski definition) is 2. The van der Waals surface area contributed by atoms with E-state index in [-0.39, 0.29) is 11.6 Å². The maximum atomic E-state index is 11.7. The molecule has 1 heterocycles. The number of amides is 1. The minimum atomic E-state index is -0.597. The Morgan fingerprint density at radius 3 is 2.50 bits per heavy atom. The first-order valence-corrected chi connectivity index (χ1v) is 5.96. The van der Waals surface area contributed by atoms with Gasteiger partial charge >= 0.3 is 5.69 Å². The first-order valence-electron chi connectivity index (χ1n) is 5.52. The SMILES string of the molecule is C[C@H](Cl)C(=O)Nc1ccc2c(c1)n(C)c(=O)n2C. The van der Waals surface area contributed by atoms with Crippen LogP contribution in [0.2, 0.25) is 0 Å². The van der Waals surface area contributed by atoms with Crippen LogP contribution in [0.4, 0.5) is 5.69 Å². The number of fused-ring (bicyclic) bond motifs is 1. The standard InChI is InChI=1S/C12H14ClN3O2/c1-7(13)11(17)14-8-4-5-9-10(6-8)16(3)12(18)15(9)2/h4-7H,1-3H3,(H,14,17)/t7-/m0/s1. The van der Waals surface area contributed by atoms with Gasteiger partial charge in [0.05, 0.1) is 11.0 Å². The second kappa shape index (κ2) is 4.49. The number of hydrogen-bond donors (Lipinski definition) is 1. The normalized spacial score (nSPS) is 12.7. The molecule has 2 rings (SSSR count). The van der Waals surface area contributed by atoms with Crippen molar-refractivity contribution in [3.8, 4) is 0 Å². The lowest BCUT2D eigenvalue weighted by Crippen LogP contribution is -2.20. The van der Waals surface area contributed by atoms with Crippen molar-refractivity contribution < 1.29 is 4.79 Å². The van der Waals surface area contributed by atoms with Crippen LogP contribution in [0.15, 0.2) is 23.0 Å². The van der Waals surface area contributed by atoms with Crippen LogP contribution in [0.5, 0.6) is 0 Å². The molecule has 0 aliphatic rings. The summed E-state index contributed by atoms with van der Waals surface area (Å²) in [6, 6.07) is 5.30. The average molecular weight is 268 g/mol. The van der Waals surface area contributed by atoms with Crippen molar-refractivity contribution in [2.45, 2.75) is 12.3 Å². The van der Waals surface area contributed by atoms with Crippen molar-refractivity contribution in [1.29, 1.82) is 0 Å². The fraction of sp³-hybridized carbons (Fsp3) is 0.333. The second-order valence-electron chi connectivity index (χ2n) is 4.21. The van der Waals surface area contributed by atoms with Crippen molar-refractivity contribution in [2.75, 3.05) is 5.32 Å². The molecular weight excluding hydrogens is 254 g/mol. The van der Waals surface area contributed by atoms with Gasteiger partial charge in [0.1, 0.15) is 5.38 Å². The fourth-order valence-corrected chi connectivity index (χ4v) is 1.88. The molecule has 1 aromatic carbocycles. The first-order chi connectivity index (χ1) is 8.41. The predicted octanol–water partition coefficient (Wildman–Crippen LogP) is 1.44. The smallest absolute Gasteiger partial charge is 0.325 e. The number of carbonyl (C=O) groups is 1. The Balaban J connectivity index is 2.48. The minimum Gasteiger partial charge on any atom is -0.325 e. The summed E-state index contributed by atoms with van der Waals surface area (Å²) in [5.41, 5.74) is 2.11. The lowest BCUT2D eigenvalue weighted by atomic mass is 10.2. The zero-order valence-corrected chi connectivity index (χ0v) is 11.2. The molecule has 2 aromatic rings. The third-order valence-electron chi connectivity index (χ3n) is 2.90. The number of carbonyl (C=O) groups excluding carboxylic acids is 1. The maximum absolute atomic E-state index is 11.7. The number of nitrogens with zero attached hydrogens (tertiary/aromatic N) is 2. The Morgan fingerprint density at radius 1 is 1.28 bits per heavy atom. The Morgan fingerprint density at radius 2 is 1.89 bits per heavy atom. The highest BCUT2D eigenvalue weighted by atomic mass is 35.5. The molecule has 0 saturated carbocycles. The monoisotopic (exact) mass is 267 g/mol. The van der Waals surface area contributed by atoms with Crippen molar-refractivity contribution >= 4 is 34.2 Å². The Labute approximate surface area is 109 Å². The van der Waals surface area contributed by atoms with Crippen molar-refractivity contribution in [3.63, 3.8) is 0 Å². The van der Waals surface area contributed by atoms with E-state index in [2.05, 4.69) is 5.32 Å². The van der Waals surface area contributed by atoms with Crippen molar-refractivity contribution in [1.82, 2.24) is 9.13 Å². The largest absolute Gasteiger partial charge is 0.328 e. The van der Waals surface area contributed by atoms with E-state index in [0.29, 0.717) is 5.69 Å². The number of rotatable bonds is 2. The Hall–Kier alpha value is -1.75. The van der Waals surface area contributed by atoms with Crippen LogP contribution in [0.1, 0.15) is 6.92 Å². The molecule has 5 nitrogen and oxygen atoms in total. The number of halogens is 1. The van der Waals surface area contributed by atoms with E-state index in [9.17, 15) is 9.59 Å². The third-order valence-corrected chi connectivity index (χ3v) is 3.10. The molecule has 0 spiro atoms. The van der Waals surface area contributed by atoms with Gasteiger partial charge in [-0.3, -0.25) is 13.9 Å². The lowest BCUT2D eigenvalue weighted by Gasteiger charge is -2.06. The van der Waals surface area contributed by atoms with Crippen LogP contribution in [-0.4, -0.2) is 20.4 Å². The molecule has 0 saturated heterocycles. The third kappa shape index (κ3) is 2.01. The quantitative estimate of drug-likeness (QED) is 0.837. The van der Waals surface area contributed by atoms with Gasteiger partial charge < -0.3 is 5.32 Å². The molecule has 96 valence electrons. The van der Waals surface area contributed by atoms with Gasteiger partial charge in [0.25, 0.3) is 0 Å². The zero-order valence-electron chi connectivity index (χ0n) is 10.4. The van der Waals surface area contributed by atoms with Gasteiger partial charge in [-0.05, 0) is 25.1 Å². The number of anilines is 1. The van der Waals surface area contributed by atoms with Gasteiger partial charge in [0.2, 0.25) is 5.91 Å². The van der Waals surface area contributed by atoms with E-state index >= 15 is 0 Å². The highest BCUT2D eigenvalue weighted by Gasteiger charge is 2.11. The number of aromatic nitrogens is 2. The zero-order chi connectivity index (χ0) is 13.4. The minimum absolute atomic E-state index is 0.0980. The van der Waals surface area contributed by atoms with E-state index in [4.69, 9.17) is 11.6 Å². The van der Waals surface area contributed by atoms with E-state index < -0.39 is 5.38 Å². The fourth-order valence-electron chi connectivity index (χ4n) is 1.83. The molecule has 1 atom stereocenters. The molecule has 6 heteroatoms. The number of aryl methyl sites for hydroxylation is 2. The van der Waals surface area contributed by atoms with Gasteiger partial charge in [-0.2, -0.15) is 0 Å². The van der Waals surface area contributed by atoms with Crippen LogP contribution in [0.25, 0.3) is 11.0 Å². The molecule has 18 heavy (non-hydrogen) atoms. The maximum Gasteiger partial charge on any atom is 0.328 e. The second-order valence-corrected chi connectivity index (χ2v) is 4.86. The van der Waals surface area contributed by atoms with E-state index in [1.807, 2.05) is 0 Å². The molecule has 0 bridgehead atoms. The highest BCUT2D eigenvalue weighted by Crippen LogP contribution is 2.18. The van der Waals surface area contributed by atoms with Crippen LogP contribution < -0.4 is 11.0 Å². The summed E-state index contributed by atoms with van der Waals surface area (Å²) >= 11 is 5.69. The van der Waals surface area contributed by atoms with Gasteiger partial charge in [-0.1, -0.05) is 0 Å². The molecule has 0 fully saturated rings. The van der Waals surface area contributed by atoms with Crippen LogP contribution in [0.3, 0.4) is 0 Å². The molecule has 1 aromatic heterocycles. The van der Waals surface area contributed by atoms with Crippen LogP contribution >= 0.6 is 11.6 Å². The molecular formula is C12H14ClN3O2. The number of nitrogens with one attached hydrogen (secondary N) is 1. The van der Waals surface area contributed by atoms with Crippen molar-refractivity contribution in [2.24, 2.45) is 14.1 Å². The van der Waals surface area contributed by atoms with E-state index in [0.717, 1.165) is 11.0 Å². The first kappa shape index (κ1) is 12.7. The molecule has 0 aliphatic heterocycles. The van der Waals surface area contributed by atoms with Gasteiger partial charge in [-0.25, -0.2) is 4.79 Å². The molecule has 0 aliphatic carbocycles. The summed E-state index contributed by atoms with van der Waals surface area (Å²) in [5.74, 6) is -0.267. The van der Waals surface area contributed by atoms with Gasteiger partial charge in [0.15, 0.2) is 0 Å². The summed E-state index contributed by atoms with van der Waals surface area (Å²) in [5, 5.41) is 2.10. The molecule has 0 radical (unpaired) electrons. The van der Waals surface area contributed by atoms with Gasteiger partial charge in [-0.15, -0.1) is 11.6 Å². The predicted molar refractivity (Wildman–Crippen MR) is 72.1 cm³/mol. The van der Waals surface area contributed by atoms with E-state index in [1.54, 1.807) is 43.8 Å². The highest BCUT2D eigenvalue weighted by molar-refractivity contribution is 6.32. The van der Waals surface area contributed by atoms with Crippen LogP contribution in [-0.2, 0) is 18.9 Å². The average Bonchev–Trinajstić information content (AvgIpc) is 2.54. The van der Waals surface area contributed by atoms with Crippen molar-refractivity contribution in [3.05, 3.63) is 28.7 Å². The Bertz CT molecular complexity index is 670. The molecule has 1 N–H and O–H groups in total. The van der Waals surface area contributed by atoms with Crippen LogP contribution in [0, 0.1) is 0 Å². The summed E-state index contributed by atoms with van der Waals surface area (Å²) in [6.07, 6.45) is 0. The number of benzene rings is 1. The van der Waals surface area contributed by atoms with E-state index in [1.165, 1.54) is 4.57 Å². The Kier molecular flexibility index (Phi) is 3.17. The summed E-state index contributed by atoms with van der Waals surface area (Å²) in [6.45, 7) is 1.60. The lowest BCUT2D eigenvalue weighted by molar-refractivity contribution is -0.115. The topological polar surface area (TPSA) is 56.0 Å². The van der Waals surface area contributed by atoms with Gasteiger partial charge in [0, 0.05) is 19.8 Å². The summed E-state index contributed by atoms with van der Waals surface area (Å²) < 4.78 is 3.10. The molecule has 1 amide bonds. The number of alkyl halides is 1. The molecule has 0 unspecified atom stereocenters. The summed E-state index contributed by atoms with van der Waals surface area (Å²) in [4.78, 5) is 23.2.